The molecule has 0 radical (unpaired) electrons. The van der Waals surface area contributed by atoms with Gasteiger partial charge in [-0.15, -0.1) is 0 Å². The summed E-state index contributed by atoms with van der Waals surface area (Å²) in [4.78, 5) is 18.4. The smallest absolute Gasteiger partial charge is 0.181 e. The molecule has 0 amide bonds. The number of methoxy groups -OCH3 is 1. The van der Waals surface area contributed by atoms with Crippen LogP contribution in [0.25, 0.3) is 11.3 Å². The summed E-state index contributed by atoms with van der Waals surface area (Å²) in [6, 6.07) is 9.40. The standard InChI is InChI=1S/C24H29N3O4/c1-23(2)14-24(3,12-17(13-25)21(23)28)10-11-27(4)22(29)19-20(31-15-26-19)16-6-8-18(30-5)9-7-16/h6-9,12,15,22,29H,10-11,14H2,1-5H3/t22?,24-/m1/s1. The van der Waals surface area contributed by atoms with Crippen LogP contribution in [0.15, 0.2) is 46.7 Å². The summed E-state index contributed by atoms with van der Waals surface area (Å²) in [5, 5.41) is 20.3. The lowest BCUT2D eigenvalue weighted by molar-refractivity contribution is -0.125. The van der Waals surface area contributed by atoms with E-state index in [1.807, 2.05) is 51.2 Å². The fraction of sp³-hybridized carbons (Fsp3) is 0.458. The highest BCUT2D eigenvalue weighted by atomic mass is 16.5. The van der Waals surface area contributed by atoms with E-state index >= 15 is 0 Å². The number of aliphatic hydroxyl groups is 1. The number of hydrogen-bond donors (Lipinski definition) is 1. The van der Waals surface area contributed by atoms with E-state index in [0.29, 0.717) is 30.8 Å². The van der Waals surface area contributed by atoms with E-state index in [1.54, 1.807) is 18.1 Å². The van der Waals surface area contributed by atoms with Crippen molar-refractivity contribution in [3.63, 3.8) is 0 Å². The van der Waals surface area contributed by atoms with Crippen LogP contribution in [0.4, 0.5) is 0 Å². The largest absolute Gasteiger partial charge is 0.497 e. The molecular weight excluding hydrogens is 394 g/mol. The summed E-state index contributed by atoms with van der Waals surface area (Å²) in [7, 11) is 3.42. The quantitative estimate of drug-likeness (QED) is 0.669. The van der Waals surface area contributed by atoms with E-state index < -0.39 is 11.6 Å². The molecule has 1 unspecified atom stereocenters. The Labute approximate surface area is 183 Å². The summed E-state index contributed by atoms with van der Waals surface area (Å²) in [6.07, 6.45) is 3.48. The molecule has 1 aliphatic rings. The summed E-state index contributed by atoms with van der Waals surface area (Å²) < 4.78 is 10.7. The van der Waals surface area contributed by atoms with Crippen molar-refractivity contribution in [2.75, 3.05) is 20.7 Å². The highest BCUT2D eigenvalue weighted by Crippen LogP contribution is 2.44. The third kappa shape index (κ3) is 4.71. The van der Waals surface area contributed by atoms with Crippen LogP contribution in [-0.4, -0.2) is 41.5 Å². The van der Waals surface area contributed by atoms with E-state index in [0.717, 1.165) is 11.3 Å². The van der Waals surface area contributed by atoms with Crippen molar-refractivity contribution in [2.45, 2.75) is 39.8 Å². The predicted molar refractivity (Wildman–Crippen MR) is 116 cm³/mol. The number of carbonyl (C=O) groups is 1. The van der Waals surface area contributed by atoms with Crippen LogP contribution >= 0.6 is 0 Å². The lowest BCUT2D eigenvalue weighted by Gasteiger charge is -2.40. The molecule has 1 aromatic heterocycles. The lowest BCUT2D eigenvalue weighted by Crippen LogP contribution is -2.39. The average Bonchev–Trinajstić information content (AvgIpc) is 3.23. The van der Waals surface area contributed by atoms with Gasteiger partial charge in [-0.1, -0.05) is 26.8 Å². The second kappa shape index (κ2) is 8.66. The Morgan fingerprint density at radius 1 is 1.32 bits per heavy atom. The molecule has 1 aliphatic carbocycles. The maximum Gasteiger partial charge on any atom is 0.181 e. The molecule has 164 valence electrons. The van der Waals surface area contributed by atoms with Crippen LogP contribution in [-0.2, 0) is 4.79 Å². The molecule has 0 fully saturated rings. The van der Waals surface area contributed by atoms with Gasteiger partial charge in [0, 0.05) is 17.5 Å². The van der Waals surface area contributed by atoms with Crippen molar-refractivity contribution < 1.29 is 19.1 Å². The van der Waals surface area contributed by atoms with Gasteiger partial charge >= 0.3 is 0 Å². The van der Waals surface area contributed by atoms with Gasteiger partial charge in [0.05, 0.1) is 12.7 Å². The minimum Gasteiger partial charge on any atom is -0.497 e. The Morgan fingerprint density at radius 3 is 2.61 bits per heavy atom. The molecule has 2 atom stereocenters. The number of benzene rings is 1. The number of ether oxygens (including phenoxy) is 1. The average molecular weight is 424 g/mol. The molecule has 0 saturated heterocycles. The number of ketones is 1. The molecule has 31 heavy (non-hydrogen) atoms. The van der Waals surface area contributed by atoms with Crippen molar-refractivity contribution in [1.29, 1.82) is 5.26 Å². The molecule has 0 saturated carbocycles. The van der Waals surface area contributed by atoms with Crippen LogP contribution in [0, 0.1) is 22.2 Å². The third-order valence-electron chi connectivity index (χ3n) is 5.96. The summed E-state index contributed by atoms with van der Waals surface area (Å²) in [5.41, 5.74) is 0.547. The fourth-order valence-corrected chi connectivity index (χ4v) is 4.32. The van der Waals surface area contributed by atoms with Crippen LogP contribution < -0.4 is 4.74 Å². The summed E-state index contributed by atoms with van der Waals surface area (Å²) in [5.74, 6) is 1.13. The molecule has 7 heteroatoms. The molecule has 3 rings (SSSR count). The van der Waals surface area contributed by atoms with Crippen LogP contribution in [0.1, 0.15) is 45.5 Å². The Kier molecular flexibility index (Phi) is 6.35. The van der Waals surface area contributed by atoms with Gasteiger partial charge in [-0.3, -0.25) is 9.69 Å². The monoisotopic (exact) mass is 423 g/mol. The van der Waals surface area contributed by atoms with Gasteiger partial charge in [0.25, 0.3) is 0 Å². The van der Waals surface area contributed by atoms with E-state index in [4.69, 9.17) is 9.15 Å². The summed E-state index contributed by atoms with van der Waals surface area (Å²) >= 11 is 0. The Morgan fingerprint density at radius 2 is 2.00 bits per heavy atom. The predicted octanol–water partition coefficient (Wildman–Crippen LogP) is 4.12. The first-order valence-corrected chi connectivity index (χ1v) is 10.2. The van der Waals surface area contributed by atoms with Crippen molar-refractivity contribution in [3.8, 4) is 23.1 Å². The second-order valence-corrected chi connectivity index (χ2v) is 9.11. The first-order valence-electron chi connectivity index (χ1n) is 10.2. The Balaban J connectivity index is 1.74. The number of nitrogens with zero attached hydrogens (tertiary/aromatic N) is 3. The van der Waals surface area contributed by atoms with Crippen LogP contribution in [0.2, 0.25) is 0 Å². The molecular formula is C24H29N3O4. The molecule has 1 heterocycles. The number of hydrogen-bond acceptors (Lipinski definition) is 7. The van der Waals surface area contributed by atoms with Crippen molar-refractivity contribution in [1.82, 2.24) is 9.88 Å². The highest BCUT2D eigenvalue weighted by Gasteiger charge is 2.42. The number of aliphatic hydroxyl groups excluding tert-OH is 1. The second-order valence-electron chi connectivity index (χ2n) is 9.11. The topological polar surface area (TPSA) is 99.6 Å². The molecule has 2 aromatic rings. The zero-order valence-electron chi connectivity index (χ0n) is 18.7. The number of carbonyl (C=O) groups excluding carboxylic acids is 1. The number of aromatic nitrogens is 1. The minimum absolute atomic E-state index is 0.104. The van der Waals surface area contributed by atoms with Gasteiger partial charge in [-0.25, -0.2) is 4.98 Å². The normalized spacial score (nSPS) is 21.5. The molecule has 0 spiro atoms. The molecule has 0 aliphatic heterocycles. The van der Waals surface area contributed by atoms with Gasteiger partial charge in [0.15, 0.2) is 24.2 Å². The van der Waals surface area contributed by atoms with Gasteiger partial charge in [0.2, 0.25) is 0 Å². The van der Waals surface area contributed by atoms with Crippen molar-refractivity contribution in [2.24, 2.45) is 10.8 Å². The molecule has 0 bridgehead atoms. The molecule has 7 nitrogen and oxygen atoms in total. The van der Waals surface area contributed by atoms with Crippen LogP contribution in [0.3, 0.4) is 0 Å². The maximum absolute atomic E-state index is 12.4. The zero-order chi connectivity index (χ0) is 22.8. The summed E-state index contributed by atoms with van der Waals surface area (Å²) in [6.45, 7) is 6.36. The number of allylic oxidation sites excluding steroid dienone is 2. The SMILES string of the molecule is COc1ccc(-c2ocnc2C(O)N(C)CC[C@]2(C)C=C(C#N)C(=O)C(C)(C)C2)cc1. The number of nitriles is 1. The van der Waals surface area contributed by atoms with Crippen LogP contribution in [0.5, 0.6) is 5.75 Å². The first-order chi connectivity index (χ1) is 14.6. The lowest BCUT2D eigenvalue weighted by atomic mass is 9.64. The van der Waals surface area contributed by atoms with E-state index in [2.05, 4.69) is 11.9 Å². The molecule has 1 aromatic carbocycles. The van der Waals surface area contributed by atoms with Gasteiger partial charge in [-0.05, 0) is 49.6 Å². The maximum atomic E-state index is 12.4. The first kappa shape index (κ1) is 22.7. The Bertz CT molecular complexity index is 1020. The third-order valence-corrected chi connectivity index (χ3v) is 5.96. The van der Waals surface area contributed by atoms with Gasteiger partial charge in [-0.2, -0.15) is 5.26 Å². The number of oxazole rings is 1. The van der Waals surface area contributed by atoms with E-state index in [9.17, 15) is 15.2 Å². The Hall–Kier alpha value is -2.95. The fourth-order valence-electron chi connectivity index (χ4n) is 4.32. The van der Waals surface area contributed by atoms with Gasteiger partial charge < -0.3 is 14.3 Å². The number of rotatable bonds is 7. The van der Waals surface area contributed by atoms with E-state index in [1.165, 1.54) is 6.39 Å². The minimum atomic E-state index is -0.961. The molecule has 1 N–H and O–H groups in total. The van der Waals surface area contributed by atoms with E-state index in [-0.39, 0.29) is 16.8 Å². The highest BCUT2D eigenvalue weighted by molar-refractivity contribution is 6.03. The number of Topliss-reactive ketones (excluding diaryl/α,β-unsaturated/α-hetero) is 1. The zero-order valence-corrected chi connectivity index (χ0v) is 18.7. The van der Waals surface area contributed by atoms with Crippen molar-refractivity contribution >= 4 is 5.78 Å². The van der Waals surface area contributed by atoms with Crippen molar-refractivity contribution in [3.05, 3.63) is 48.0 Å². The van der Waals surface area contributed by atoms with Gasteiger partial charge in [0.1, 0.15) is 17.5 Å².